The van der Waals surface area contributed by atoms with E-state index in [-0.39, 0.29) is 5.01 Å². The van der Waals surface area contributed by atoms with E-state index in [1.807, 2.05) is 0 Å². The van der Waals surface area contributed by atoms with Crippen LogP contribution in [0.1, 0.15) is 5.56 Å². The number of halogens is 1. The fourth-order valence-electron chi connectivity index (χ4n) is 2.09. The molecule has 26 heavy (non-hydrogen) atoms. The van der Waals surface area contributed by atoms with Gasteiger partial charge >= 0.3 is 0 Å². The summed E-state index contributed by atoms with van der Waals surface area (Å²) in [7, 11) is -8.50. The van der Waals surface area contributed by atoms with E-state index in [1.54, 1.807) is 58.7 Å². The van der Waals surface area contributed by atoms with Gasteiger partial charge in [-0.05, 0) is 11.6 Å². The van der Waals surface area contributed by atoms with Gasteiger partial charge in [0.05, 0.1) is 10.8 Å². The van der Waals surface area contributed by atoms with E-state index in [4.69, 9.17) is 11.6 Å². The molecule has 0 fully saturated rings. The molecule has 0 saturated carbocycles. The number of sulfonamides is 2. The third-order valence-corrected chi connectivity index (χ3v) is 8.31. The van der Waals surface area contributed by atoms with E-state index in [2.05, 4.69) is 10.2 Å². The molecule has 0 spiro atoms. The van der Waals surface area contributed by atoms with Crippen LogP contribution in [0.3, 0.4) is 0 Å². The van der Waals surface area contributed by atoms with Gasteiger partial charge in [-0.3, -0.25) is 0 Å². The minimum absolute atomic E-state index is 0.274. The number of rotatable bonds is 6. The normalized spacial score (nSPS) is 12.2. The van der Waals surface area contributed by atoms with E-state index in [0.717, 1.165) is 11.3 Å². The third kappa shape index (κ3) is 4.46. The molecule has 11 heteroatoms. The summed E-state index contributed by atoms with van der Waals surface area (Å²) in [5.74, 6) is -0.469. The molecule has 0 aliphatic heterocycles. The molecule has 1 aromatic heterocycles. The Balaban J connectivity index is 1.84. The second-order valence-electron chi connectivity index (χ2n) is 5.18. The minimum atomic E-state index is -4.37. The first kappa shape index (κ1) is 18.9. The van der Waals surface area contributed by atoms with E-state index < -0.39 is 30.1 Å². The van der Waals surface area contributed by atoms with Crippen LogP contribution in [-0.2, 0) is 25.8 Å². The fourth-order valence-corrected chi connectivity index (χ4v) is 6.61. The van der Waals surface area contributed by atoms with Crippen LogP contribution in [0.4, 0.5) is 0 Å². The molecule has 0 saturated heterocycles. The van der Waals surface area contributed by atoms with Crippen LogP contribution in [0.5, 0.6) is 0 Å². The molecule has 3 aromatic rings. The van der Waals surface area contributed by atoms with Crippen LogP contribution in [0.15, 0.2) is 58.9 Å². The number of hydrogen-bond acceptors (Lipinski definition) is 7. The Hall–Kier alpha value is -1.85. The van der Waals surface area contributed by atoms with Crippen molar-refractivity contribution in [2.24, 2.45) is 0 Å². The monoisotopic (exact) mass is 429 g/mol. The van der Waals surface area contributed by atoms with Crippen LogP contribution >= 0.6 is 22.9 Å². The van der Waals surface area contributed by atoms with Crippen molar-refractivity contribution in [3.63, 3.8) is 0 Å². The van der Waals surface area contributed by atoms with Crippen molar-refractivity contribution in [1.82, 2.24) is 14.3 Å². The highest BCUT2D eigenvalue weighted by atomic mass is 35.5. The Morgan fingerprint density at radius 2 is 1.58 bits per heavy atom. The average molecular weight is 430 g/mol. The van der Waals surface area contributed by atoms with Crippen molar-refractivity contribution in [1.29, 1.82) is 0 Å². The number of aromatic nitrogens is 2. The summed E-state index contributed by atoms with van der Waals surface area (Å²) >= 11 is 6.79. The summed E-state index contributed by atoms with van der Waals surface area (Å²) in [6, 6.07) is 15.0. The Kier molecular flexibility index (Phi) is 5.39. The maximum Gasteiger partial charge on any atom is 0.282 e. The van der Waals surface area contributed by atoms with Crippen molar-refractivity contribution in [3.8, 4) is 10.6 Å². The fraction of sp³-hybridized carbons (Fsp3) is 0.0667. The lowest BCUT2D eigenvalue weighted by molar-refractivity contribution is 0.575. The van der Waals surface area contributed by atoms with E-state index in [9.17, 15) is 16.8 Å². The molecule has 0 aliphatic rings. The molecule has 2 aromatic carbocycles. The first-order valence-corrected chi connectivity index (χ1v) is 11.5. The molecule has 1 N–H and O–H groups in total. The molecule has 0 unspecified atom stereocenters. The number of nitrogens with zero attached hydrogens (tertiary/aromatic N) is 2. The van der Waals surface area contributed by atoms with Crippen LogP contribution in [-0.4, -0.2) is 27.0 Å². The summed E-state index contributed by atoms with van der Waals surface area (Å²) < 4.78 is 50.3. The first-order valence-electron chi connectivity index (χ1n) is 7.15. The first-order chi connectivity index (χ1) is 12.3. The number of benzene rings is 2. The molecule has 3 rings (SSSR count). The summed E-state index contributed by atoms with van der Waals surface area (Å²) in [5.41, 5.74) is 0.976. The third-order valence-electron chi connectivity index (χ3n) is 3.18. The van der Waals surface area contributed by atoms with Gasteiger partial charge in [-0.2, -0.15) is 0 Å². The summed E-state index contributed by atoms with van der Waals surface area (Å²) in [4.78, 5) is 0. The second kappa shape index (κ2) is 7.41. The molecule has 0 bridgehead atoms. The van der Waals surface area contributed by atoms with E-state index in [0.29, 0.717) is 16.1 Å². The quantitative estimate of drug-likeness (QED) is 0.645. The van der Waals surface area contributed by atoms with E-state index >= 15 is 0 Å². The second-order valence-corrected chi connectivity index (χ2v) is 10.4. The highest BCUT2D eigenvalue weighted by Crippen LogP contribution is 2.31. The van der Waals surface area contributed by atoms with Gasteiger partial charge < -0.3 is 0 Å². The van der Waals surface area contributed by atoms with Crippen molar-refractivity contribution in [3.05, 3.63) is 65.2 Å². The lowest BCUT2D eigenvalue weighted by Crippen LogP contribution is -2.31. The van der Waals surface area contributed by atoms with Gasteiger partial charge in [-0.1, -0.05) is 71.5 Å². The predicted molar refractivity (Wildman–Crippen MR) is 99.7 cm³/mol. The van der Waals surface area contributed by atoms with Crippen molar-refractivity contribution < 1.29 is 16.8 Å². The summed E-state index contributed by atoms with van der Waals surface area (Å²) in [6.45, 7) is 0. The van der Waals surface area contributed by atoms with Crippen LogP contribution in [0.2, 0.25) is 5.02 Å². The highest BCUT2D eigenvalue weighted by molar-refractivity contribution is 8.05. The number of hydrogen-bond donors (Lipinski definition) is 1. The van der Waals surface area contributed by atoms with Gasteiger partial charge in [-0.25, -0.2) is 16.8 Å². The zero-order chi connectivity index (χ0) is 18.8. The average Bonchev–Trinajstić information content (AvgIpc) is 3.05. The van der Waals surface area contributed by atoms with Gasteiger partial charge in [-0.15, -0.1) is 14.3 Å². The van der Waals surface area contributed by atoms with Gasteiger partial charge in [0.15, 0.2) is 0 Å². The van der Waals surface area contributed by atoms with Gasteiger partial charge in [0, 0.05) is 5.56 Å². The lowest BCUT2D eigenvalue weighted by atomic mass is 10.2. The summed E-state index contributed by atoms with van der Waals surface area (Å²) in [5, 5.41) is 8.05. The molecule has 1 heterocycles. The minimum Gasteiger partial charge on any atom is -0.211 e. The predicted octanol–water partition coefficient (Wildman–Crippen LogP) is 2.67. The zero-order valence-electron chi connectivity index (χ0n) is 13.0. The number of nitrogens with one attached hydrogen (secondary N) is 1. The van der Waals surface area contributed by atoms with Crippen molar-refractivity contribution in [2.75, 3.05) is 0 Å². The largest absolute Gasteiger partial charge is 0.282 e. The standard InChI is InChI=1S/C15H12ClN3O4S3/c16-13-9-5-4-8-12(13)14-17-18-15(24-14)26(22,23)19-25(20,21)10-11-6-2-1-3-7-11/h1-9,19H,10H2. The highest BCUT2D eigenvalue weighted by Gasteiger charge is 2.27. The van der Waals surface area contributed by atoms with Crippen molar-refractivity contribution >= 4 is 43.0 Å². The van der Waals surface area contributed by atoms with E-state index in [1.165, 1.54) is 0 Å². The molecule has 7 nitrogen and oxygen atoms in total. The topological polar surface area (TPSA) is 106 Å². The smallest absolute Gasteiger partial charge is 0.211 e. The molecule has 0 atom stereocenters. The molecule has 136 valence electrons. The molecule has 0 aliphatic carbocycles. The maximum atomic E-state index is 12.4. The molecular formula is C15H12ClN3O4S3. The Morgan fingerprint density at radius 1 is 0.923 bits per heavy atom. The van der Waals surface area contributed by atoms with Crippen LogP contribution in [0.25, 0.3) is 10.6 Å². The Morgan fingerprint density at radius 3 is 2.27 bits per heavy atom. The van der Waals surface area contributed by atoms with Gasteiger partial charge in [0.2, 0.25) is 14.4 Å². The SMILES string of the molecule is O=S(=O)(Cc1ccccc1)NS(=O)(=O)c1nnc(-c2ccccc2Cl)s1. The molecular weight excluding hydrogens is 418 g/mol. The van der Waals surface area contributed by atoms with Crippen LogP contribution < -0.4 is 4.13 Å². The molecule has 0 radical (unpaired) electrons. The maximum absolute atomic E-state index is 12.4. The molecule has 0 amide bonds. The Bertz CT molecular complexity index is 1130. The van der Waals surface area contributed by atoms with Crippen molar-refractivity contribution in [2.45, 2.75) is 10.1 Å². The Labute approximate surface area is 159 Å². The van der Waals surface area contributed by atoms with Crippen LogP contribution in [0, 0.1) is 0 Å². The van der Waals surface area contributed by atoms with Gasteiger partial charge in [0.1, 0.15) is 5.01 Å². The summed E-state index contributed by atoms with van der Waals surface area (Å²) in [6.07, 6.45) is 0. The van der Waals surface area contributed by atoms with Gasteiger partial charge in [0.25, 0.3) is 10.0 Å². The zero-order valence-corrected chi connectivity index (χ0v) is 16.2. The lowest BCUT2D eigenvalue weighted by Gasteiger charge is -2.05.